The molecule has 1 aliphatic rings. The van der Waals surface area contributed by atoms with Crippen molar-refractivity contribution in [2.75, 3.05) is 13.2 Å². The van der Waals surface area contributed by atoms with Gasteiger partial charge in [-0.2, -0.15) is 0 Å². The zero-order chi connectivity index (χ0) is 24.3. The fourth-order valence-corrected chi connectivity index (χ4v) is 4.42. The highest BCUT2D eigenvalue weighted by atomic mass is 16.6. The van der Waals surface area contributed by atoms with Crippen molar-refractivity contribution in [3.8, 4) is 11.5 Å². The minimum atomic E-state index is -0.630. The van der Waals surface area contributed by atoms with Gasteiger partial charge in [0.25, 0.3) is 0 Å². The van der Waals surface area contributed by atoms with Crippen LogP contribution in [0.15, 0.2) is 78.9 Å². The molecule has 6 heteroatoms. The molecule has 6 nitrogen and oxygen atoms in total. The maximum absolute atomic E-state index is 11.4. The van der Waals surface area contributed by atoms with Crippen LogP contribution >= 0.6 is 0 Å². The van der Waals surface area contributed by atoms with E-state index in [9.17, 15) is 10.1 Å². The number of benzene rings is 3. The molecule has 0 aromatic heterocycles. The maximum Gasteiger partial charge on any atom is 0.233 e. The highest BCUT2D eigenvalue weighted by Gasteiger charge is 2.23. The summed E-state index contributed by atoms with van der Waals surface area (Å²) in [7, 11) is 0. The molecule has 1 unspecified atom stereocenters. The summed E-state index contributed by atoms with van der Waals surface area (Å²) in [5.41, 5.74) is 2.81. The lowest BCUT2D eigenvalue weighted by molar-refractivity contribution is -0.493. The molecule has 1 saturated carbocycles. The van der Waals surface area contributed by atoms with Gasteiger partial charge in [0.2, 0.25) is 6.54 Å². The summed E-state index contributed by atoms with van der Waals surface area (Å²) in [5, 5.41) is 11.4. The lowest BCUT2D eigenvalue weighted by atomic mass is 9.90. The fraction of sp³-hybridized carbons (Fsp3) is 0.379. The summed E-state index contributed by atoms with van der Waals surface area (Å²) < 4.78 is 18.4. The molecule has 0 N–H and O–H groups in total. The van der Waals surface area contributed by atoms with Crippen LogP contribution in [0.4, 0.5) is 0 Å². The second-order valence-corrected chi connectivity index (χ2v) is 9.10. The van der Waals surface area contributed by atoms with Gasteiger partial charge in [0.1, 0.15) is 19.3 Å². The molecule has 35 heavy (non-hydrogen) atoms. The Labute approximate surface area is 207 Å². The van der Waals surface area contributed by atoms with Crippen molar-refractivity contribution in [2.45, 2.75) is 51.4 Å². The van der Waals surface area contributed by atoms with Crippen molar-refractivity contribution in [2.24, 2.45) is 5.92 Å². The third-order valence-electron chi connectivity index (χ3n) is 6.39. The van der Waals surface area contributed by atoms with Gasteiger partial charge in [-0.15, -0.1) is 0 Å². The summed E-state index contributed by atoms with van der Waals surface area (Å²) in [6, 6.07) is 25.3. The van der Waals surface area contributed by atoms with Gasteiger partial charge >= 0.3 is 0 Å². The van der Waals surface area contributed by atoms with Crippen LogP contribution in [0, 0.1) is 16.0 Å². The quantitative estimate of drug-likeness (QED) is 0.214. The first-order valence-corrected chi connectivity index (χ1v) is 12.4. The Kier molecular flexibility index (Phi) is 9.12. The highest BCUT2D eigenvalue weighted by Crippen LogP contribution is 2.34. The molecular formula is C29H33NO5. The van der Waals surface area contributed by atoms with E-state index in [2.05, 4.69) is 0 Å². The summed E-state index contributed by atoms with van der Waals surface area (Å²) in [4.78, 5) is 11.1. The van der Waals surface area contributed by atoms with E-state index in [1.54, 1.807) is 0 Å². The molecule has 0 saturated heterocycles. The first-order chi connectivity index (χ1) is 17.2. The molecule has 1 fully saturated rings. The second kappa shape index (κ2) is 12.9. The van der Waals surface area contributed by atoms with E-state index in [0.717, 1.165) is 29.5 Å². The normalized spacial score (nSPS) is 14.9. The average Bonchev–Trinajstić information content (AvgIpc) is 2.90. The van der Waals surface area contributed by atoms with Gasteiger partial charge in [-0.05, 0) is 47.6 Å². The smallest absolute Gasteiger partial charge is 0.233 e. The van der Waals surface area contributed by atoms with Crippen LogP contribution in [0.5, 0.6) is 11.5 Å². The van der Waals surface area contributed by atoms with Gasteiger partial charge in [0, 0.05) is 4.92 Å². The molecule has 184 valence electrons. The Morgan fingerprint density at radius 3 is 2.00 bits per heavy atom. The maximum atomic E-state index is 11.4. The van der Waals surface area contributed by atoms with Gasteiger partial charge in [-0.3, -0.25) is 10.1 Å². The molecule has 4 rings (SSSR count). The molecular weight excluding hydrogens is 442 g/mol. The first kappa shape index (κ1) is 24.7. The predicted molar refractivity (Wildman–Crippen MR) is 135 cm³/mol. The van der Waals surface area contributed by atoms with Crippen molar-refractivity contribution < 1.29 is 19.1 Å². The van der Waals surface area contributed by atoms with E-state index in [1.165, 1.54) is 19.3 Å². The van der Waals surface area contributed by atoms with E-state index in [-0.39, 0.29) is 11.5 Å². The zero-order valence-electron chi connectivity index (χ0n) is 20.0. The van der Waals surface area contributed by atoms with Gasteiger partial charge in [-0.1, -0.05) is 86.0 Å². The summed E-state index contributed by atoms with van der Waals surface area (Å²) in [6.07, 6.45) is 5.30. The molecule has 3 aromatic rings. The summed E-state index contributed by atoms with van der Waals surface area (Å²) in [6.45, 7) is 1.03. The van der Waals surface area contributed by atoms with Crippen LogP contribution in [0.2, 0.25) is 0 Å². The van der Waals surface area contributed by atoms with Crippen molar-refractivity contribution >= 4 is 0 Å². The third kappa shape index (κ3) is 7.82. The fourth-order valence-electron chi connectivity index (χ4n) is 4.42. The topological polar surface area (TPSA) is 70.8 Å². The molecule has 0 spiro atoms. The number of nitro groups is 1. The Hall–Kier alpha value is -3.38. The van der Waals surface area contributed by atoms with Crippen LogP contribution in [-0.4, -0.2) is 18.1 Å². The summed E-state index contributed by atoms with van der Waals surface area (Å²) in [5.74, 6) is 1.62. The first-order valence-electron chi connectivity index (χ1n) is 12.4. The molecule has 0 bridgehead atoms. The standard InChI is InChI=1S/C29H33NO5/c31-30(32)19-29(35-22-25-14-8-3-9-15-25)26-16-17-27(33-20-23-10-4-1-5-11-23)28(18-26)34-21-24-12-6-2-7-13-24/h1-2,4-7,10-13,16-18,25,29H,3,8-9,14-15,19-22H2. The number of hydrogen-bond acceptors (Lipinski definition) is 5. The van der Waals surface area contributed by atoms with Crippen LogP contribution in [0.3, 0.4) is 0 Å². The van der Waals surface area contributed by atoms with Gasteiger partial charge < -0.3 is 14.2 Å². The zero-order valence-corrected chi connectivity index (χ0v) is 20.0. The molecule has 0 heterocycles. The SMILES string of the molecule is O=[N+]([O-])CC(OCC1CCCCC1)c1ccc(OCc2ccccc2)c(OCc2ccccc2)c1. The minimum absolute atomic E-state index is 0.283. The lowest BCUT2D eigenvalue weighted by Crippen LogP contribution is -2.21. The number of ether oxygens (including phenoxy) is 3. The predicted octanol–water partition coefficient (Wildman–Crippen LogP) is 6.76. The van der Waals surface area contributed by atoms with Crippen molar-refractivity contribution in [1.29, 1.82) is 0 Å². The van der Waals surface area contributed by atoms with E-state index in [4.69, 9.17) is 14.2 Å². The number of rotatable bonds is 12. The van der Waals surface area contributed by atoms with Crippen molar-refractivity contribution in [1.82, 2.24) is 0 Å². The van der Waals surface area contributed by atoms with E-state index >= 15 is 0 Å². The molecule has 3 aromatic carbocycles. The van der Waals surface area contributed by atoms with Crippen molar-refractivity contribution in [3.63, 3.8) is 0 Å². The van der Waals surface area contributed by atoms with Crippen LogP contribution in [-0.2, 0) is 18.0 Å². The van der Waals surface area contributed by atoms with Crippen LogP contribution in [0.1, 0.15) is 54.9 Å². The molecule has 1 aliphatic carbocycles. The Morgan fingerprint density at radius 2 is 1.40 bits per heavy atom. The van der Waals surface area contributed by atoms with Crippen LogP contribution in [0.25, 0.3) is 0 Å². The third-order valence-corrected chi connectivity index (χ3v) is 6.39. The van der Waals surface area contributed by atoms with E-state index in [0.29, 0.717) is 37.2 Å². The summed E-state index contributed by atoms with van der Waals surface area (Å²) >= 11 is 0. The monoisotopic (exact) mass is 475 g/mol. The number of hydrogen-bond donors (Lipinski definition) is 0. The Morgan fingerprint density at radius 1 is 0.800 bits per heavy atom. The minimum Gasteiger partial charge on any atom is -0.485 e. The largest absolute Gasteiger partial charge is 0.485 e. The second-order valence-electron chi connectivity index (χ2n) is 9.10. The lowest BCUT2D eigenvalue weighted by Gasteiger charge is -2.24. The van der Waals surface area contributed by atoms with Crippen LogP contribution < -0.4 is 9.47 Å². The molecule has 1 atom stereocenters. The van der Waals surface area contributed by atoms with Gasteiger partial charge in [0.15, 0.2) is 11.5 Å². The van der Waals surface area contributed by atoms with Gasteiger partial charge in [-0.25, -0.2) is 0 Å². The number of nitrogens with zero attached hydrogens (tertiary/aromatic N) is 1. The molecule has 0 amide bonds. The Bertz CT molecular complexity index is 1050. The Balaban J connectivity index is 1.52. The van der Waals surface area contributed by atoms with Crippen molar-refractivity contribution in [3.05, 3.63) is 106 Å². The van der Waals surface area contributed by atoms with E-state index in [1.807, 2.05) is 78.9 Å². The average molecular weight is 476 g/mol. The molecule has 0 radical (unpaired) electrons. The van der Waals surface area contributed by atoms with Gasteiger partial charge in [0.05, 0.1) is 6.61 Å². The highest BCUT2D eigenvalue weighted by molar-refractivity contribution is 5.44. The molecule has 0 aliphatic heterocycles. The van der Waals surface area contributed by atoms with E-state index < -0.39 is 6.10 Å².